The fourth-order valence-corrected chi connectivity index (χ4v) is 2.76. The molecule has 118 valence electrons. The van der Waals surface area contributed by atoms with E-state index in [0.29, 0.717) is 11.1 Å². The maximum atomic E-state index is 12.7. The van der Waals surface area contributed by atoms with E-state index in [0.717, 1.165) is 10.2 Å². The maximum Gasteiger partial charge on any atom is 0.276 e. The predicted molar refractivity (Wildman–Crippen MR) is 91.9 cm³/mol. The van der Waals surface area contributed by atoms with Gasteiger partial charge in [0.25, 0.3) is 11.8 Å². The second-order valence-corrected chi connectivity index (χ2v) is 6.73. The van der Waals surface area contributed by atoms with Crippen molar-refractivity contribution in [3.05, 3.63) is 64.1 Å². The van der Waals surface area contributed by atoms with Crippen molar-refractivity contribution in [1.29, 1.82) is 0 Å². The summed E-state index contributed by atoms with van der Waals surface area (Å²) < 4.78 is 0.888. The molecule has 0 bridgehead atoms. The highest BCUT2D eigenvalue weighted by atomic mass is 79.9. The van der Waals surface area contributed by atoms with Gasteiger partial charge in [0.2, 0.25) is 0 Å². The van der Waals surface area contributed by atoms with Crippen molar-refractivity contribution >= 4 is 33.4 Å². The van der Waals surface area contributed by atoms with Crippen molar-refractivity contribution in [2.75, 3.05) is 5.32 Å². The minimum Gasteiger partial charge on any atom is -0.361 e. The smallest absolute Gasteiger partial charge is 0.276 e. The lowest BCUT2D eigenvalue weighted by Crippen LogP contribution is -2.63. The van der Waals surface area contributed by atoms with Crippen LogP contribution in [0.2, 0.25) is 0 Å². The topological polar surface area (TPSA) is 61.4 Å². The Hall–Kier alpha value is -2.34. The van der Waals surface area contributed by atoms with Gasteiger partial charge in [-0.25, -0.2) is 5.01 Å². The van der Waals surface area contributed by atoms with Crippen LogP contribution < -0.4 is 10.7 Å². The van der Waals surface area contributed by atoms with Crippen molar-refractivity contribution < 1.29 is 9.59 Å². The molecule has 2 amide bonds. The van der Waals surface area contributed by atoms with Crippen LogP contribution in [0, 0.1) is 0 Å². The Labute approximate surface area is 142 Å². The van der Waals surface area contributed by atoms with E-state index in [-0.39, 0.29) is 11.8 Å². The van der Waals surface area contributed by atoms with Gasteiger partial charge in [0.15, 0.2) is 0 Å². The van der Waals surface area contributed by atoms with Crippen molar-refractivity contribution in [3.8, 4) is 0 Å². The summed E-state index contributed by atoms with van der Waals surface area (Å²) in [4.78, 5) is 25.1. The predicted octanol–water partition coefficient (Wildman–Crippen LogP) is 3.40. The van der Waals surface area contributed by atoms with E-state index >= 15 is 0 Å². The Bertz CT molecular complexity index is 772. The fraction of sp³-hybridized carbons (Fsp3) is 0.176. The van der Waals surface area contributed by atoms with E-state index < -0.39 is 5.66 Å². The number of rotatable bonds is 2. The third-order valence-electron chi connectivity index (χ3n) is 3.68. The Balaban J connectivity index is 1.88. The molecule has 23 heavy (non-hydrogen) atoms. The van der Waals surface area contributed by atoms with E-state index in [1.165, 1.54) is 5.01 Å². The van der Waals surface area contributed by atoms with Crippen LogP contribution in [0.4, 0.5) is 5.69 Å². The number of fused-ring (bicyclic) bond motifs is 1. The summed E-state index contributed by atoms with van der Waals surface area (Å²) in [5, 5.41) is 4.60. The van der Waals surface area contributed by atoms with Crippen molar-refractivity contribution in [2.45, 2.75) is 19.5 Å². The van der Waals surface area contributed by atoms with Crippen LogP contribution in [0.25, 0.3) is 0 Å². The third kappa shape index (κ3) is 2.94. The Kier molecular flexibility index (Phi) is 3.85. The van der Waals surface area contributed by atoms with E-state index in [1.807, 2.05) is 26.0 Å². The normalized spacial score (nSPS) is 15.6. The minimum absolute atomic E-state index is 0.241. The highest BCUT2D eigenvalue weighted by molar-refractivity contribution is 9.10. The second-order valence-electron chi connectivity index (χ2n) is 5.82. The summed E-state index contributed by atoms with van der Waals surface area (Å²) in [6, 6.07) is 14.2. The number of carbonyl (C=O) groups is 2. The SMILES string of the molecule is CC1(C)Nc2ccccc2C(=O)N1NC(=O)c1ccc(Br)cc1. The number of para-hydroxylation sites is 1. The number of nitrogens with zero attached hydrogens (tertiary/aromatic N) is 1. The first kappa shape index (κ1) is 15.6. The molecule has 1 aliphatic heterocycles. The number of hydrogen-bond acceptors (Lipinski definition) is 3. The van der Waals surface area contributed by atoms with E-state index in [1.54, 1.807) is 36.4 Å². The van der Waals surface area contributed by atoms with Crippen molar-refractivity contribution in [3.63, 3.8) is 0 Å². The first-order chi connectivity index (χ1) is 10.9. The standard InChI is InChI=1S/C17H16BrN3O2/c1-17(2)19-14-6-4-3-5-13(14)16(23)21(17)20-15(22)11-7-9-12(18)10-8-11/h3-10,19H,1-2H3,(H,20,22). The number of carbonyl (C=O) groups excluding carboxylic acids is 2. The van der Waals surface area contributed by atoms with E-state index in [9.17, 15) is 9.59 Å². The van der Waals surface area contributed by atoms with Gasteiger partial charge in [-0.05, 0) is 50.2 Å². The van der Waals surface area contributed by atoms with Crippen LogP contribution in [-0.4, -0.2) is 22.5 Å². The lowest BCUT2D eigenvalue weighted by atomic mass is 10.0. The molecule has 0 spiro atoms. The quantitative estimate of drug-likeness (QED) is 0.847. The first-order valence-electron chi connectivity index (χ1n) is 7.17. The number of hydrogen-bond donors (Lipinski definition) is 2. The zero-order valence-electron chi connectivity index (χ0n) is 12.8. The fourth-order valence-electron chi connectivity index (χ4n) is 2.50. The summed E-state index contributed by atoms with van der Waals surface area (Å²) in [6.45, 7) is 3.67. The molecule has 0 aromatic heterocycles. The summed E-state index contributed by atoms with van der Waals surface area (Å²) in [5.41, 5.74) is 3.74. The number of halogens is 1. The molecule has 5 nitrogen and oxygen atoms in total. The third-order valence-corrected chi connectivity index (χ3v) is 4.21. The monoisotopic (exact) mass is 373 g/mol. The Morgan fingerprint density at radius 1 is 1.13 bits per heavy atom. The summed E-state index contributed by atoms with van der Waals surface area (Å²) in [7, 11) is 0. The molecule has 0 saturated heterocycles. The van der Waals surface area contributed by atoms with Crippen molar-refractivity contribution in [1.82, 2.24) is 10.4 Å². The molecule has 3 rings (SSSR count). The summed E-state index contributed by atoms with van der Waals surface area (Å²) in [5.74, 6) is -0.574. The van der Waals surface area contributed by atoms with E-state index in [2.05, 4.69) is 26.7 Å². The molecule has 2 N–H and O–H groups in total. The van der Waals surface area contributed by atoms with Crippen LogP contribution >= 0.6 is 15.9 Å². The van der Waals surface area contributed by atoms with Crippen LogP contribution in [0.5, 0.6) is 0 Å². The van der Waals surface area contributed by atoms with Gasteiger partial charge in [0.05, 0.1) is 5.56 Å². The molecule has 0 aliphatic carbocycles. The van der Waals surface area contributed by atoms with Gasteiger partial charge in [-0.15, -0.1) is 0 Å². The molecule has 0 saturated carbocycles. The highest BCUT2D eigenvalue weighted by Crippen LogP contribution is 2.29. The molecule has 0 radical (unpaired) electrons. The van der Waals surface area contributed by atoms with Crippen LogP contribution in [0.3, 0.4) is 0 Å². The molecular weight excluding hydrogens is 358 g/mol. The van der Waals surface area contributed by atoms with Gasteiger partial charge < -0.3 is 5.32 Å². The molecule has 0 unspecified atom stereocenters. The molecule has 1 heterocycles. The van der Waals surface area contributed by atoms with Gasteiger partial charge in [-0.3, -0.25) is 15.0 Å². The van der Waals surface area contributed by atoms with Gasteiger partial charge >= 0.3 is 0 Å². The molecule has 2 aromatic rings. The van der Waals surface area contributed by atoms with Gasteiger partial charge in [0, 0.05) is 15.7 Å². The van der Waals surface area contributed by atoms with Crippen LogP contribution in [0.15, 0.2) is 53.0 Å². The highest BCUT2D eigenvalue weighted by Gasteiger charge is 2.38. The van der Waals surface area contributed by atoms with Crippen LogP contribution in [-0.2, 0) is 0 Å². The number of anilines is 1. The van der Waals surface area contributed by atoms with E-state index in [4.69, 9.17) is 0 Å². The molecular formula is C17H16BrN3O2. The Morgan fingerprint density at radius 2 is 1.78 bits per heavy atom. The molecule has 2 aromatic carbocycles. The number of benzene rings is 2. The minimum atomic E-state index is -0.740. The average molecular weight is 374 g/mol. The molecule has 1 aliphatic rings. The molecule has 0 atom stereocenters. The second kappa shape index (κ2) is 5.70. The largest absolute Gasteiger partial charge is 0.361 e. The lowest BCUT2D eigenvalue weighted by Gasteiger charge is -2.43. The molecule has 0 fully saturated rings. The van der Waals surface area contributed by atoms with Gasteiger partial charge in [-0.1, -0.05) is 28.1 Å². The maximum absolute atomic E-state index is 12.7. The zero-order chi connectivity index (χ0) is 16.6. The first-order valence-corrected chi connectivity index (χ1v) is 7.96. The number of hydrazine groups is 1. The van der Waals surface area contributed by atoms with Crippen LogP contribution in [0.1, 0.15) is 34.6 Å². The average Bonchev–Trinajstić information content (AvgIpc) is 2.51. The van der Waals surface area contributed by atoms with Crippen molar-refractivity contribution in [2.24, 2.45) is 0 Å². The number of nitrogens with one attached hydrogen (secondary N) is 2. The van der Waals surface area contributed by atoms with Gasteiger partial charge in [-0.2, -0.15) is 0 Å². The lowest BCUT2D eigenvalue weighted by molar-refractivity contribution is 0.0355. The van der Waals surface area contributed by atoms with Gasteiger partial charge in [0.1, 0.15) is 5.66 Å². The zero-order valence-corrected chi connectivity index (χ0v) is 14.3. The molecule has 6 heteroatoms. The summed E-state index contributed by atoms with van der Waals surface area (Å²) in [6.07, 6.45) is 0. The number of amides is 2. The Morgan fingerprint density at radius 3 is 2.48 bits per heavy atom. The summed E-state index contributed by atoms with van der Waals surface area (Å²) >= 11 is 3.33.